The van der Waals surface area contributed by atoms with Gasteiger partial charge in [-0.1, -0.05) is 13.8 Å². The van der Waals surface area contributed by atoms with Gasteiger partial charge in [-0.2, -0.15) is 0 Å². The van der Waals surface area contributed by atoms with Gasteiger partial charge in [0.2, 0.25) is 0 Å². The molecule has 2 heteroatoms. The summed E-state index contributed by atoms with van der Waals surface area (Å²) in [5.41, 5.74) is 0. The molecule has 1 heterocycles. The fourth-order valence-electron chi connectivity index (χ4n) is 2.42. The molecule has 1 fully saturated rings. The second kappa shape index (κ2) is 5.53. The van der Waals surface area contributed by atoms with E-state index in [1.807, 2.05) is 0 Å². The zero-order chi connectivity index (χ0) is 11.4. The van der Waals surface area contributed by atoms with E-state index in [2.05, 4.69) is 31.3 Å². The van der Waals surface area contributed by atoms with Gasteiger partial charge in [-0.3, -0.25) is 0 Å². The number of nitrogens with one attached hydrogen (secondary N) is 1. The smallest absolute Gasteiger partial charge is 0.117 e. The zero-order valence-corrected chi connectivity index (χ0v) is 10.5. The first-order valence-electron chi connectivity index (χ1n) is 6.59. The second-order valence-electron chi connectivity index (χ2n) is 5.06. The van der Waals surface area contributed by atoms with Crippen molar-refractivity contribution in [2.45, 2.75) is 58.5 Å². The molecule has 1 aromatic rings. The van der Waals surface area contributed by atoms with Crippen molar-refractivity contribution in [3.8, 4) is 0 Å². The normalized spacial score (nSPS) is 25.9. The van der Waals surface area contributed by atoms with Gasteiger partial charge in [0.05, 0.1) is 6.54 Å². The van der Waals surface area contributed by atoms with Crippen LogP contribution in [-0.2, 0) is 13.0 Å². The molecule has 90 valence electrons. The Morgan fingerprint density at radius 1 is 1.19 bits per heavy atom. The van der Waals surface area contributed by atoms with Crippen LogP contribution in [-0.4, -0.2) is 6.04 Å². The van der Waals surface area contributed by atoms with Crippen molar-refractivity contribution in [1.29, 1.82) is 0 Å². The summed E-state index contributed by atoms with van der Waals surface area (Å²) in [6.07, 6.45) is 6.37. The average molecular weight is 221 g/mol. The maximum Gasteiger partial charge on any atom is 0.117 e. The summed E-state index contributed by atoms with van der Waals surface area (Å²) >= 11 is 0. The van der Waals surface area contributed by atoms with E-state index in [1.165, 1.54) is 25.7 Å². The van der Waals surface area contributed by atoms with E-state index in [9.17, 15) is 0 Å². The maximum atomic E-state index is 5.68. The number of aryl methyl sites for hydroxylation is 1. The lowest BCUT2D eigenvalue weighted by molar-refractivity contribution is 0.299. The lowest BCUT2D eigenvalue weighted by atomic mass is 9.87. The summed E-state index contributed by atoms with van der Waals surface area (Å²) in [6, 6.07) is 4.88. The van der Waals surface area contributed by atoms with Crippen molar-refractivity contribution in [2.24, 2.45) is 5.92 Å². The fourth-order valence-corrected chi connectivity index (χ4v) is 2.42. The van der Waals surface area contributed by atoms with Crippen LogP contribution in [0.4, 0.5) is 0 Å². The monoisotopic (exact) mass is 221 g/mol. The maximum absolute atomic E-state index is 5.68. The van der Waals surface area contributed by atoms with Crippen molar-refractivity contribution in [2.75, 3.05) is 0 Å². The molecule has 0 spiro atoms. The highest BCUT2D eigenvalue weighted by Crippen LogP contribution is 2.23. The summed E-state index contributed by atoms with van der Waals surface area (Å²) in [5, 5.41) is 3.60. The first-order chi connectivity index (χ1) is 7.78. The van der Waals surface area contributed by atoms with E-state index in [-0.39, 0.29) is 0 Å². The number of hydrogen-bond donors (Lipinski definition) is 1. The molecule has 0 radical (unpaired) electrons. The van der Waals surface area contributed by atoms with Gasteiger partial charge in [-0.05, 0) is 43.7 Å². The second-order valence-corrected chi connectivity index (χ2v) is 5.06. The highest BCUT2D eigenvalue weighted by molar-refractivity contribution is 5.06. The summed E-state index contributed by atoms with van der Waals surface area (Å²) < 4.78 is 5.68. The van der Waals surface area contributed by atoms with E-state index in [0.29, 0.717) is 6.04 Å². The lowest BCUT2D eigenvalue weighted by Crippen LogP contribution is -2.32. The van der Waals surface area contributed by atoms with Crippen molar-refractivity contribution in [3.63, 3.8) is 0 Å². The first kappa shape index (κ1) is 11.7. The summed E-state index contributed by atoms with van der Waals surface area (Å²) in [6.45, 7) is 5.37. The van der Waals surface area contributed by atoms with Crippen LogP contribution < -0.4 is 5.32 Å². The highest BCUT2D eigenvalue weighted by Gasteiger charge is 2.17. The van der Waals surface area contributed by atoms with Crippen LogP contribution in [0.25, 0.3) is 0 Å². The van der Waals surface area contributed by atoms with Crippen LogP contribution in [0.15, 0.2) is 16.5 Å². The van der Waals surface area contributed by atoms with Crippen LogP contribution in [0.3, 0.4) is 0 Å². The van der Waals surface area contributed by atoms with Crippen molar-refractivity contribution >= 4 is 0 Å². The van der Waals surface area contributed by atoms with Gasteiger partial charge < -0.3 is 9.73 Å². The van der Waals surface area contributed by atoms with Crippen LogP contribution >= 0.6 is 0 Å². The van der Waals surface area contributed by atoms with Crippen molar-refractivity contribution in [1.82, 2.24) is 5.32 Å². The molecule has 1 saturated carbocycles. The Hall–Kier alpha value is -0.760. The summed E-state index contributed by atoms with van der Waals surface area (Å²) in [7, 11) is 0. The van der Waals surface area contributed by atoms with E-state index in [0.717, 1.165) is 30.4 Å². The van der Waals surface area contributed by atoms with Crippen LogP contribution in [0, 0.1) is 5.92 Å². The van der Waals surface area contributed by atoms with Gasteiger partial charge in [0.25, 0.3) is 0 Å². The minimum Gasteiger partial charge on any atom is -0.465 e. The predicted molar refractivity (Wildman–Crippen MR) is 66.3 cm³/mol. The highest BCUT2D eigenvalue weighted by atomic mass is 16.3. The lowest BCUT2D eigenvalue weighted by Gasteiger charge is -2.26. The van der Waals surface area contributed by atoms with Gasteiger partial charge in [-0.15, -0.1) is 0 Å². The van der Waals surface area contributed by atoms with Gasteiger partial charge in [0.1, 0.15) is 11.5 Å². The number of furan rings is 1. The Morgan fingerprint density at radius 3 is 2.50 bits per heavy atom. The molecule has 16 heavy (non-hydrogen) atoms. The molecule has 1 N–H and O–H groups in total. The molecule has 1 aliphatic rings. The molecule has 0 saturated heterocycles. The number of rotatable bonds is 4. The topological polar surface area (TPSA) is 25.2 Å². The number of hydrogen-bond acceptors (Lipinski definition) is 2. The standard InChI is InChI=1S/C14H23NO/c1-3-13-8-9-14(16-13)10-15-12-6-4-11(2)5-7-12/h8-9,11-12,15H,3-7,10H2,1-2H3. The molecule has 1 aliphatic carbocycles. The predicted octanol–water partition coefficient (Wildman–Crippen LogP) is 3.51. The molecule has 2 nitrogen and oxygen atoms in total. The van der Waals surface area contributed by atoms with Crippen LogP contribution in [0.5, 0.6) is 0 Å². The van der Waals surface area contributed by atoms with Crippen LogP contribution in [0.2, 0.25) is 0 Å². The van der Waals surface area contributed by atoms with E-state index in [1.54, 1.807) is 0 Å². The molecule has 0 aromatic carbocycles. The van der Waals surface area contributed by atoms with Gasteiger partial charge in [0, 0.05) is 12.5 Å². The fraction of sp³-hybridized carbons (Fsp3) is 0.714. The third-order valence-electron chi connectivity index (χ3n) is 3.65. The Bertz CT molecular complexity index is 310. The van der Waals surface area contributed by atoms with Crippen molar-refractivity contribution in [3.05, 3.63) is 23.7 Å². The molecule has 0 bridgehead atoms. The molecular weight excluding hydrogens is 198 g/mol. The quantitative estimate of drug-likeness (QED) is 0.841. The summed E-state index contributed by atoms with van der Waals surface area (Å²) in [5.74, 6) is 3.10. The minimum absolute atomic E-state index is 0.700. The third-order valence-corrected chi connectivity index (χ3v) is 3.65. The Labute approximate surface area is 98.4 Å². The first-order valence-corrected chi connectivity index (χ1v) is 6.59. The van der Waals surface area contributed by atoms with E-state index >= 15 is 0 Å². The Balaban J connectivity index is 1.74. The molecular formula is C14H23NO. The third kappa shape index (κ3) is 3.11. The van der Waals surface area contributed by atoms with Crippen LogP contribution in [0.1, 0.15) is 51.1 Å². The van der Waals surface area contributed by atoms with Gasteiger partial charge >= 0.3 is 0 Å². The van der Waals surface area contributed by atoms with Gasteiger partial charge in [-0.25, -0.2) is 0 Å². The SMILES string of the molecule is CCc1ccc(CNC2CCC(C)CC2)o1. The largest absolute Gasteiger partial charge is 0.465 e. The molecule has 0 unspecified atom stereocenters. The Morgan fingerprint density at radius 2 is 1.88 bits per heavy atom. The van der Waals surface area contributed by atoms with Gasteiger partial charge in [0.15, 0.2) is 0 Å². The zero-order valence-electron chi connectivity index (χ0n) is 10.5. The van der Waals surface area contributed by atoms with Crippen molar-refractivity contribution < 1.29 is 4.42 Å². The van der Waals surface area contributed by atoms with E-state index < -0.39 is 0 Å². The Kier molecular flexibility index (Phi) is 4.05. The molecule has 2 rings (SSSR count). The molecule has 0 amide bonds. The molecule has 0 aliphatic heterocycles. The summed E-state index contributed by atoms with van der Waals surface area (Å²) in [4.78, 5) is 0. The van der Waals surface area contributed by atoms with E-state index in [4.69, 9.17) is 4.42 Å². The molecule has 0 atom stereocenters. The molecule has 1 aromatic heterocycles. The minimum atomic E-state index is 0.700. The average Bonchev–Trinajstić information content (AvgIpc) is 2.76.